The molecule has 2 aromatic heterocycles. The van der Waals surface area contributed by atoms with Crippen LogP contribution < -0.4 is 10.5 Å². The number of pyridine rings is 1. The molecule has 1 fully saturated rings. The maximum Gasteiger partial charge on any atom is 0.294 e. The lowest BCUT2D eigenvalue weighted by Crippen LogP contribution is -2.50. The van der Waals surface area contributed by atoms with E-state index in [4.69, 9.17) is 0 Å². The number of benzene rings is 3. The van der Waals surface area contributed by atoms with Crippen LogP contribution >= 0.6 is 0 Å². The van der Waals surface area contributed by atoms with E-state index >= 15 is 0 Å². The van der Waals surface area contributed by atoms with Crippen LogP contribution in [0.4, 0.5) is 23.2 Å². The molecular formula is C37H30F4N4O4. The quantitative estimate of drug-likeness (QED) is 0.0721. The van der Waals surface area contributed by atoms with Gasteiger partial charge in [-0.15, -0.1) is 0 Å². The number of amides is 1. The molecule has 0 spiro atoms. The van der Waals surface area contributed by atoms with E-state index in [0.29, 0.717) is 24.7 Å². The fraction of sp³-hybridized carbons (Fsp3) is 0.162. The van der Waals surface area contributed by atoms with Crippen molar-refractivity contribution in [1.82, 2.24) is 14.0 Å². The van der Waals surface area contributed by atoms with Gasteiger partial charge in [-0.1, -0.05) is 18.2 Å². The van der Waals surface area contributed by atoms with E-state index in [0.717, 1.165) is 28.1 Å². The van der Waals surface area contributed by atoms with E-state index in [-0.39, 0.29) is 37.2 Å². The topological polar surface area (TPSA) is 87.8 Å². The number of nitrogens with zero attached hydrogens (tertiary/aromatic N) is 4. The molecule has 250 valence electrons. The summed E-state index contributed by atoms with van der Waals surface area (Å²) in [7, 11) is 0. The summed E-state index contributed by atoms with van der Waals surface area (Å²) >= 11 is 0. The van der Waals surface area contributed by atoms with Crippen LogP contribution in [0.2, 0.25) is 0 Å². The fourth-order valence-electron chi connectivity index (χ4n) is 5.78. The Balaban J connectivity index is 1.20. The summed E-state index contributed by atoms with van der Waals surface area (Å²) in [5.74, 6) is -7.74. The van der Waals surface area contributed by atoms with Crippen LogP contribution in [0, 0.1) is 23.3 Å². The van der Waals surface area contributed by atoms with E-state index in [1.54, 1.807) is 6.07 Å². The van der Waals surface area contributed by atoms with Crippen LogP contribution in [0.5, 0.6) is 0 Å². The minimum absolute atomic E-state index is 0.169. The second-order valence-electron chi connectivity index (χ2n) is 11.6. The first kappa shape index (κ1) is 33.0. The van der Waals surface area contributed by atoms with Crippen molar-refractivity contribution >= 4 is 23.1 Å². The molecule has 0 bridgehead atoms. The zero-order chi connectivity index (χ0) is 34.7. The van der Waals surface area contributed by atoms with Crippen molar-refractivity contribution < 1.29 is 32.3 Å². The van der Waals surface area contributed by atoms with Gasteiger partial charge in [-0.3, -0.25) is 14.4 Å². The Kier molecular flexibility index (Phi) is 9.47. The van der Waals surface area contributed by atoms with Gasteiger partial charge >= 0.3 is 0 Å². The summed E-state index contributed by atoms with van der Waals surface area (Å²) in [4.78, 5) is 43.0. The number of hydrogen-bond acceptors (Lipinski definition) is 5. The number of carbonyl (C=O) groups is 2. The smallest absolute Gasteiger partial charge is 0.294 e. The minimum atomic E-state index is -1.66. The Morgan fingerprint density at radius 2 is 1.47 bits per heavy atom. The number of aliphatic hydroxyl groups is 1. The predicted molar refractivity (Wildman–Crippen MR) is 176 cm³/mol. The lowest BCUT2D eigenvalue weighted by Gasteiger charge is -2.35. The van der Waals surface area contributed by atoms with Gasteiger partial charge in [0.15, 0.2) is 17.5 Å². The standard InChI is InChI=1S/C37H30F4N4O4/c38-27-5-3-4-24(19-27)22-45-23-25(18-26-6-11-31(39)35(41)34(26)40)20-30(36(45)48)32(46)21-33(47)37(49)44-16-14-43(15-17-44)29-9-7-28(8-10-29)42-12-1-2-13-42/h1-13,19-21,23,46H,14-18,22H2/b32-21+. The number of piperazine rings is 1. The number of hydrogen-bond donors (Lipinski definition) is 1. The molecule has 12 heteroatoms. The lowest BCUT2D eigenvalue weighted by atomic mass is 10.0. The maximum absolute atomic E-state index is 14.5. The highest BCUT2D eigenvalue weighted by Gasteiger charge is 2.26. The number of rotatable bonds is 9. The SMILES string of the molecule is O=C(/C=C(/O)c1cc(Cc2ccc(F)c(F)c2F)cn(Cc2cccc(F)c2)c1=O)C(=O)N1CCN(c2ccc(-n3cccc3)cc2)CC1. The first-order valence-electron chi connectivity index (χ1n) is 15.4. The molecule has 1 aliphatic heterocycles. The number of carbonyl (C=O) groups excluding carboxylic acids is 2. The average Bonchev–Trinajstić information content (AvgIpc) is 3.65. The third-order valence-corrected chi connectivity index (χ3v) is 8.33. The third kappa shape index (κ3) is 7.33. The molecule has 1 saturated heterocycles. The summed E-state index contributed by atoms with van der Waals surface area (Å²) < 4.78 is 59.0. The Bertz CT molecular complexity index is 2100. The Labute approximate surface area is 278 Å². The highest BCUT2D eigenvalue weighted by atomic mass is 19.2. The second kappa shape index (κ2) is 14.1. The van der Waals surface area contributed by atoms with E-state index in [1.807, 2.05) is 53.4 Å². The van der Waals surface area contributed by atoms with Crippen molar-refractivity contribution in [3.8, 4) is 5.69 Å². The van der Waals surface area contributed by atoms with Crippen LogP contribution in [0.1, 0.15) is 22.3 Å². The van der Waals surface area contributed by atoms with Crippen molar-refractivity contribution in [2.45, 2.75) is 13.0 Å². The van der Waals surface area contributed by atoms with Crippen molar-refractivity contribution in [2.75, 3.05) is 31.1 Å². The fourth-order valence-corrected chi connectivity index (χ4v) is 5.78. The monoisotopic (exact) mass is 670 g/mol. The molecule has 0 aliphatic carbocycles. The van der Waals surface area contributed by atoms with E-state index in [1.165, 1.54) is 35.4 Å². The average molecular weight is 671 g/mol. The van der Waals surface area contributed by atoms with Gasteiger partial charge in [-0.2, -0.15) is 0 Å². The lowest BCUT2D eigenvalue weighted by molar-refractivity contribution is -0.142. The highest BCUT2D eigenvalue weighted by Crippen LogP contribution is 2.22. The molecule has 6 rings (SSSR count). The van der Waals surface area contributed by atoms with E-state index < -0.39 is 51.8 Å². The van der Waals surface area contributed by atoms with Gasteiger partial charge < -0.3 is 24.0 Å². The summed E-state index contributed by atoms with van der Waals surface area (Å²) in [5, 5.41) is 11.0. The number of halogens is 4. The van der Waals surface area contributed by atoms with Gasteiger partial charge in [-0.25, -0.2) is 17.6 Å². The molecular weight excluding hydrogens is 640 g/mol. The Hall–Kier alpha value is -5.91. The van der Waals surface area contributed by atoms with Crippen molar-refractivity contribution in [1.29, 1.82) is 0 Å². The zero-order valence-electron chi connectivity index (χ0n) is 26.0. The number of aliphatic hydroxyl groups excluding tert-OH is 1. The van der Waals surface area contributed by atoms with Crippen LogP contribution in [0.25, 0.3) is 11.4 Å². The zero-order valence-corrected chi connectivity index (χ0v) is 26.0. The number of ketones is 1. The van der Waals surface area contributed by atoms with Crippen LogP contribution in [-0.4, -0.2) is 57.0 Å². The molecule has 3 aromatic carbocycles. The molecule has 8 nitrogen and oxygen atoms in total. The molecule has 0 unspecified atom stereocenters. The number of anilines is 1. The molecule has 3 heterocycles. The molecule has 1 aliphatic rings. The van der Waals surface area contributed by atoms with Crippen molar-refractivity contribution in [3.63, 3.8) is 0 Å². The van der Waals surface area contributed by atoms with Gasteiger partial charge in [0.05, 0.1) is 12.1 Å². The minimum Gasteiger partial charge on any atom is -0.507 e. The van der Waals surface area contributed by atoms with Crippen molar-refractivity contribution in [2.24, 2.45) is 0 Å². The van der Waals surface area contributed by atoms with Crippen LogP contribution in [0.15, 0.2) is 108 Å². The third-order valence-electron chi connectivity index (χ3n) is 8.33. The van der Waals surface area contributed by atoms with Gasteiger partial charge in [0.2, 0.25) is 5.78 Å². The molecule has 1 N–H and O–H groups in total. The second-order valence-corrected chi connectivity index (χ2v) is 11.6. The first-order chi connectivity index (χ1) is 23.6. The molecule has 49 heavy (non-hydrogen) atoms. The molecule has 5 aromatic rings. The number of aromatic nitrogens is 2. The summed E-state index contributed by atoms with van der Waals surface area (Å²) in [6, 6.07) is 20.2. The van der Waals surface area contributed by atoms with E-state index in [9.17, 15) is 37.1 Å². The maximum atomic E-state index is 14.5. The van der Waals surface area contributed by atoms with Crippen LogP contribution in [-0.2, 0) is 22.6 Å². The predicted octanol–water partition coefficient (Wildman–Crippen LogP) is 5.65. The molecule has 0 saturated carbocycles. The Morgan fingerprint density at radius 3 is 2.16 bits per heavy atom. The molecule has 0 radical (unpaired) electrons. The molecule has 1 amide bonds. The first-order valence-corrected chi connectivity index (χ1v) is 15.4. The molecule has 0 atom stereocenters. The van der Waals surface area contributed by atoms with Gasteiger partial charge in [0, 0.05) is 68.6 Å². The normalized spacial score (nSPS) is 13.5. The largest absolute Gasteiger partial charge is 0.507 e. The van der Waals surface area contributed by atoms with Crippen LogP contribution in [0.3, 0.4) is 0 Å². The highest BCUT2D eigenvalue weighted by molar-refractivity contribution is 6.41. The summed E-state index contributed by atoms with van der Waals surface area (Å²) in [5.41, 5.74) is 1.12. The summed E-state index contributed by atoms with van der Waals surface area (Å²) in [6.45, 7) is 1.25. The van der Waals surface area contributed by atoms with Gasteiger partial charge in [-0.05, 0) is 77.4 Å². The summed E-state index contributed by atoms with van der Waals surface area (Å²) in [6.07, 6.45) is 5.53. The van der Waals surface area contributed by atoms with Crippen molar-refractivity contribution in [3.05, 3.63) is 159 Å². The van der Waals surface area contributed by atoms with E-state index in [2.05, 4.69) is 4.90 Å². The van der Waals surface area contributed by atoms with Gasteiger partial charge in [0.25, 0.3) is 11.5 Å². The van der Waals surface area contributed by atoms with Gasteiger partial charge in [0.1, 0.15) is 11.6 Å². The Morgan fingerprint density at radius 1 is 0.776 bits per heavy atom.